The standard InChI is InChI=1S/C24H27IN4/c1-16-19-13-25(2)12-17-6-5-11-27-23(17)24(19)29-15-20(16)18-8-9-22(28-14-18)21-7-3-4-10-26-21/h4-6,8-16,20-22,26,28H,3,7H2,1-2H3. The van der Waals surface area contributed by atoms with Crippen LogP contribution in [0.5, 0.6) is 0 Å². The second-order valence-corrected chi connectivity index (χ2v) is 12.5. The maximum atomic E-state index is 4.95. The fraction of sp³-hybridized carbons (Fsp3) is 0.333. The van der Waals surface area contributed by atoms with Crippen LogP contribution in [0.2, 0.25) is 0 Å². The Kier molecular flexibility index (Phi) is 5.16. The summed E-state index contributed by atoms with van der Waals surface area (Å²) in [6, 6.07) is 5.01. The van der Waals surface area contributed by atoms with Crippen LogP contribution < -0.4 is 10.6 Å². The number of alkyl halides is 1. The molecule has 0 saturated carbocycles. The molecule has 5 heterocycles. The van der Waals surface area contributed by atoms with E-state index in [1.54, 1.807) is 0 Å². The molecule has 0 amide bonds. The third-order valence-electron chi connectivity index (χ3n) is 6.14. The molecule has 0 aliphatic carbocycles. The summed E-state index contributed by atoms with van der Waals surface area (Å²) in [6.45, 7) is 2.34. The monoisotopic (exact) mass is 498 g/mol. The van der Waals surface area contributed by atoms with Crippen LogP contribution in [-0.4, -0.2) is 36.2 Å². The molecular formula is C24H27IN4. The summed E-state index contributed by atoms with van der Waals surface area (Å²) >= 11 is -1.29. The van der Waals surface area contributed by atoms with Crippen molar-refractivity contribution >= 4 is 38.8 Å². The molecule has 150 valence electrons. The van der Waals surface area contributed by atoms with Crippen LogP contribution in [-0.2, 0) is 0 Å². The summed E-state index contributed by atoms with van der Waals surface area (Å²) in [5.74, 6) is 0.692. The molecule has 4 atom stereocenters. The summed E-state index contributed by atoms with van der Waals surface area (Å²) in [4.78, 5) is 12.0. The van der Waals surface area contributed by atoms with Gasteiger partial charge in [-0.2, -0.15) is 18.9 Å². The molecule has 5 heteroatoms. The zero-order chi connectivity index (χ0) is 19.8. The lowest BCUT2D eigenvalue weighted by Crippen LogP contribution is -2.45. The van der Waals surface area contributed by atoms with E-state index < -0.39 is 18.9 Å². The highest BCUT2D eigenvalue weighted by Gasteiger charge is 2.30. The van der Waals surface area contributed by atoms with E-state index in [1.807, 2.05) is 12.3 Å². The largest absolute Gasteiger partial charge is 0.386 e. The molecule has 1 aromatic rings. The number of aliphatic imine (C=N–C) groups is 1. The van der Waals surface area contributed by atoms with Crippen molar-refractivity contribution in [3.63, 3.8) is 0 Å². The number of nitrogens with zero attached hydrogens (tertiary/aromatic N) is 2. The maximum Gasteiger partial charge on any atom is 0.0965 e. The van der Waals surface area contributed by atoms with Gasteiger partial charge in [-0.25, -0.2) is 0 Å². The SMILES string of the molecule is CC1C2=C(N=CC1C1=CNC(C3CCC=CN3)C=C1)c1ncccc1C=I(C)=C2. The van der Waals surface area contributed by atoms with Gasteiger partial charge in [0.1, 0.15) is 0 Å². The van der Waals surface area contributed by atoms with Gasteiger partial charge in [-0.15, -0.1) is 0 Å². The van der Waals surface area contributed by atoms with Gasteiger partial charge in [-0.05, 0) is 55.1 Å². The molecule has 0 saturated heterocycles. The van der Waals surface area contributed by atoms with Gasteiger partial charge in [-0.3, -0.25) is 9.98 Å². The van der Waals surface area contributed by atoms with E-state index in [0.717, 1.165) is 17.8 Å². The minimum atomic E-state index is -1.29. The number of aromatic nitrogens is 1. The van der Waals surface area contributed by atoms with Crippen molar-refractivity contribution in [1.82, 2.24) is 15.6 Å². The number of dihydropyridines is 1. The molecular weight excluding hydrogens is 471 g/mol. The third kappa shape index (κ3) is 3.61. The molecule has 4 unspecified atom stereocenters. The Bertz CT molecular complexity index is 1070. The summed E-state index contributed by atoms with van der Waals surface area (Å²) in [6.07, 6.45) is 17.4. The Morgan fingerprint density at radius 2 is 2.14 bits per heavy atom. The van der Waals surface area contributed by atoms with Crippen LogP contribution in [0.1, 0.15) is 31.0 Å². The highest BCUT2D eigenvalue weighted by atomic mass is 127. The first-order valence-electron chi connectivity index (χ1n) is 10.3. The van der Waals surface area contributed by atoms with Crippen LogP contribution in [0, 0.1) is 11.8 Å². The maximum absolute atomic E-state index is 4.95. The fourth-order valence-corrected chi connectivity index (χ4v) is 8.14. The molecule has 0 radical (unpaired) electrons. The van der Waals surface area contributed by atoms with Crippen molar-refractivity contribution in [2.24, 2.45) is 16.8 Å². The number of rotatable bonds is 2. The summed E-state index contributed by atoms with van der Waals surface area (Å²) < 4.78 is 4.97. The van der Waals surface area contributed by atoms with Gasteiger partial charge in [0.05, 0.1) is 17.4 Å². The zero-order valence-electron chi connectivity index (χ0n) is 16.8. The average Bonchev–Trinajstić information content (AvgIpc) is 2.91. The number of allylic oxidation sites excluding steroid dienone is 4. The van der Waals surface area contributed by atoms with Crippen molar-refractivity contribution < 1.29 is 0 Å². The van der Waals surface area contributed by atoms with Crippen LogP contribution >= 0.6 is 18.9 Å². The van der Waals surface area contributed by atoms with Gasteiger partial charge >= 0.3 is 0 Å². The van der Waals surface area contributed by atoms with Gasteiger partial charge in [0.25, 0.3) is 0 Å². The van der Waals surface area contributed by atoms with Crippen molar-refractivity contribution in [3.05, 3.63) is 71.4 Å². The Balaban J connectivity index is 1.41. The van der Waals surface area contributed by atoms with E-state index in [1.165, 1.54) is 23.1 Å². The smallest absolute Gasteiger partial charge is 0.0965 e. The lowest BCUT2D eigenvalue weighted by atomic mass is 9.79. The topological polar surface area (TPSA) is 49.3 Å². The molecule has 4 aliphatic heterocycles. The van der Waals surface area contributed by atoms with Crippen LogP contribution in [0.3, 0.4) is 0 Å². The first-order valence-corrected chi connectivity index (χ1v) is 14.9. The average molecular weight is 498 g/mol. The van der Waals surface area contributed by atoms with Crippen LogP contribution in [0.25, 0.3) is 5.70 Å². The van der Waals surface area contributed by atoms with Crippen molar-refractivity contribution in [2.75, 3.05) is 4.93 Å². The minimum absolute atomic E-state index is 0.295. The van der Waals surface area contributed by atoms with Gasteiger partial charge < -0.3 is 10.6 Å². The number of halogens is 1. The highest BCUT2D eigenvalue weighted by molar-refractivity contribution is 14.2. The van der Waals surface area contributed by atoms with E-state index in [9.17, 15) is 0 Å². The lowest BCUT2D eigenvalue weighted by Gasteiger charge is -2.33. The zero-order valence-corrected chi connectivity index (χ0v) is 19.0. The van der Waals surface area contributed by atoms with Gasteiger partial charge in [0, 0.05) is 36.1 Å². The Morgan fingerprint density at radius 1 is 1.21 bits per heavy atom. The van der Waals surface area contributed by atoms with Crippen molar-refractivity contribution in [3.8, 4) is 0 Å². The molecule has 0 fully saturated rings. The third-order valence-corrected chi connectivity index (χ3v) is 9.45. The number of pyridine rings is 1. The normalized spacial score (nSPS) is 30.8. The van der Waals surface area contributed by atoms with E-state index in [-0.39, 0.29) is 0 Å². The van der Waals surface area contributed by atoms with Crippen LogP contribution in [0.4, 0.5) is 0 Å². The molecule has 0 spiro atoms. The molecule has 4 aliphatic rings. The van der Waals surface area contributed by atoms with E-state index in [4.69, 9.17) is 4.99 Å². The van der Waals surface area contributed by atoms with E-state index >= 15 is 0 Å². The number of hydrogen-bond donors (Lipinski definition) is 2. The lowest BCUT2D eigenvalue weighted by molar-refractivity contribution is 0.444. The Hall–Kier alpha value is -2.15. The van der Waals surface area contributed by atoms with E-state index in [2.05, 4.69) is 78.4 Å². The first-order chi connectivity index (χ1) is 14.2. The number of nitrogens with one attached hydrogen (secondary N) is 2. The highest BCUT2D eigenvalue weighted by Crippen LogP contribution is 2.38. The molecule has 0 bridgehead atoms. The quantitative estimate of drug-likeness (QED) is 0.481. The number of fused-ring (bicyclic) bond motifs is 2. The van der Waals surface area contributed by atoms with Gasteiger partial charge in [0.2, 0.25) is 0 Å². The van der Waals surface area contributed by atoms with Gasteiger partial charge in [0.15, 0.2) is 0 Å². The molecule has 5 rings (SSSR count). The molecule has 4 nitrogen and oxygen atoms in total. The molecule has 1 aromatic heterocycles. The molecule has 29 heavy (non-hydrogen) atoms. The number of hydrogen-bond acceptors (Lipinski definition) is 4. The summed E-state index contributed by atoms with van der Waals surface area (Å²) in [7, 11) is 0. The van der Waals surface area contributed by atoms with Crippen LogP contribution in [0.15, 0.2) is 65.1 Å². The fourth-order valence-electron chi connectivity index (χ4n) is 4.48. The second kappa shape index (κ2) is 7.94. The predicted octanol–water partition coefficient (Wildman–Crippen LogP) is 3.91. The van der Waals surface area contributed by atoms with E-state index in [0.29, 0.717) is 23.9 Å². The molecule has 0 aromatic carbocycles. The summed E-state index contributed by atoms with van der Waals surface area (Å²) in [5.41, 5.74) is 6.07. The Morgan fingerprint density at radius 3 is 2.93 bits per heavy atom. The van der Waals surface area contributed by atoms with Crippen molar-refractivity contribution in [1.29, 1.82) is 0 Å². The first kappa shape index (κ1) is 18.9. The molecule has 2 N–H and O–H groups in total. The summed E-state index contributed by atoms with van der Waals surface area (Å²) in [5, 5.41) is 7.11. The minimum Gasteiger partial charge on any atom is -0.386 e. The Labute approximate surface area is 179 Å². The second-order valence-electron chi connectivity index (χ2n) is 8.07. The van der Waals surface area contributed by atoms with Gasteiger partial charge in [-0.1, -0.05) is 31.2 Å². The predicted molar refractivity (Wildman–Crippen MR) is 133 cm³/mol. The van der Waals surface area contributed by atoms with Crippen molar-refractivity contribution in [2.45, 2.75) is 31.8 Å².